The standard InChI is InChI=1S/C66H44BN3O2S/c71-73(72)64-27-15-13-25-60(64)70(61-26-14-16-28-65(61)73)55-43-62-66-63(44-55)69(54-37-31-50(32-38-54)46-19-7-2-8-20-46)59-40-34-52(48-23-11-4-12-24-48)42-57(59)67(66)56-41-51(47-21-9-3-10-22-47)33-39-58(56)68(62)53-35-29-49(30-36-53)45-17-5-1-6-18-45/h1-44H. The molecule has 0 radical (unpaired) electrons. The van der Waals surface area contributed by atoms with Crippen molar-refractivity contribution in [3.8, 4) is 44.5 Å². The minimum absolute atomic E-state index is 0.197. The topological polar surface area (TPSA) is 43.9 Å². The van der Waals surface area contributed by atoms with E-state index in [0.717, 1.165) is 89.8 Å². The summed E-state index contributed by atoms with van der Waals surface area (Å²) in [6.45, 7) is -0.197. The molecule has 0 fully saturated rings. The SMILES string of the molecule is O=S1(=O)c2ccccc2N(c2cc3c4c(c2)N(c2ccc(-c5ccccc5)cc2)c2ccc(-c5ccccc5)cc2B4c2cc(-c4ccccc4)ccc2N3c2ccc(-c3ccccc3)cc2)c2ccccc21. The third-order valence-electron chi connectivity index (χ3n) is 14.8. The summed E-state index contributed by atoms with van der Waals surface area (Å²) in [6, 6.07) is 93.4. The lowest BCUT2D eigenvalue weighted by atomic mass is 9.33. The summed E-state index contributed by atoms with van der Waals surface area (Å²) >= 11 is 0. The van der Waals surface area contributed by atoms with E-state index < -0.39 is 9.84 Å². The van der Waals surface area contributed by atoms with Crippen LogP contribution in [-0.4, -0.2) is 15.1 Å². The van der Waals surface area contributed by atoms with Gasteiger partial charge in [0.2, 0.25) is 9.84 Å². The van der Waals surface area contributed by atoms with Gasteiger partial charge in [0, 0.05) is 34.1 Å². The number of sulfone groups is 1. The second-order valence-electron chi connectivity index (χ2n) is 18.9. The minimum atomic E-state index is -3.83. The van der Waals surface area contributed by atoms with Gasteiger partial charge in [0.05, 0.1) is 26.9 Å². The molecule has 0 aliphatic carbocycles. The maximum absolute atomic E-state index is 14.5. The first kappa shape index (κ1) is 42.7. The number of rotatable bonds is 7. The second kappa shape index (κ2) is 17.0. The van der Waals surface area contributed by atoms with Gasteiger partial charge in [0.25, 0.3) is 6.71 Å². The fourth-order valence-corrected chi connectivity index (χ4v) is 13.1. The van der Waals surface area contributed by atoms with Gasteiger partial charge in [-0.2, -0.15) is 0 Å². The van der Waals surface area contributed by atoms with Gasteiger partial charge in [0.1, 0.15) is 0 Å². The van der Waals surface area contributed by atoms with E-state index in [4.69, 9.17) is 0 Å². The number of anilines is 9. The Kier molecular flexibility index (Phi) is 9.95. The summed E-state index contributed by atoms with van der Waals surface area (Å²) in [5, 5.41) is 0. The van der Waals surface area contributed by atoms with E-state index >= 15 is 0 Å². The molecule has 0 aromatic heterocycles. The zero-order valence-electron chi connectivity index (χ0n) is 39.5. The summed E-state index contributed by atoms with van der Waals surface area (Å²) in [5.74, 6) is 0. The monoisotopic (exact) mass is 953 g/mol. The van der Waals surface area contributed by atoms with Gasteiger partial charge in [-0.25, -0.2) is 8.42 Å². The van der Waals surface area contributed by atoms with E-state index in [0.29, 0.717) is 11.4 Å². The predicted molar refractivity (Wildman–Crippen MR) is 302 cm³/mol. The fourth-order valence-electron chi connectivity index (χ4n) is 11.4. The van der Waals surface area contributed by atoms with Gasteiger partial charge in [-0.1, -0.05) is 194 Å². The van der Waals surface area contributed by atoms with Gasteiger partial charge in [-0.15, -0.1) is 0 Å². The van der Waals surface area contributed by atoms with Crippen molar-refractivity contribution in [3.05, 3.63) is 267 Å². The molecule has 0 saturated heterocycles. The Bertz CT molecular complexity index is 3790. The molecule has 0 saturated carbocycles. The minimum Gasteiger partial charge on any atom is -0.311 e. The van der Waals surface area contributed by atoms with Crippen molar-refractivity contribution in [3.63, 3.8) is 0 Å². The Hall–Kier alpha value is -9.17. The van der Waals surface area contributed by atoms with Crippen LogP contribution in [0.15, 0.2) is 277 Å². The summed E-state index contributed by atoms with van der Waals surface area (Å²) in [4.78, 5) is 7.56. The zero-order valence-corrected chi connectivity index (χ0v) is 40.4. The van der Waals surface area contributed by atoms with Crippen LogP contribution in [0, 0.1) is 0 Å². The highest BCUT2D eigenvalue weighted by atomic mass is 32.2. The maximum atomic E-state index is 14.5. The first-order valence-electron chi connectivity index (χ1n) is 24.7. The number of para-hydroxylation sites is 2. The third-order valence-corrected chi connectivity index (χ3v) is 16.6. The molecule has 3 aliphatic heterocycles. The van der Waals surface area contributed by atoms with E-state index in [9.17, 15) is 8.42 Å². The summed E-state index contributed by atoms with van der Waals surface area (Å²) in [5.41, 5.74) is 20.9. The van der Waals surface area contributed by atoms with Crippen LogP contribution in [0.3, 0.4) is 0 Å². The quantitative estimate of drug-likeness (QED) is 0.149. The molecule has 3 heterocycles. The first-order chi connectivity index (χ1) is 36.0. The van der Waals surface area contributed by atoms with E-state index in [2.05, 4.69) is 233 Å². The van der Waals surface area contributed by atoms with Crippen molar-refractivity contribution in [1.82, 2.24) is 0 Å². The smallest absolute Gasteiger partial charge is 0.252 e. The van der Waals surface area contributed by atoms with Gasteiger partial charge in [-0.3, -0.25) is 0 Å². The van der Waals surface area contributed by atoms with Gasteiger partial charge in [0.15, 0.2) is 0 Å². The lowest BCUT2D eigenvalue weighted by Gasteiger charge is -2.45. The first-order valence-corrected chi connectivity index (χ1v) is 26.2. The molecule has 0 bridgehead atoms. The van der Waals surface area contributed by atoms with Crippen LogP contribution in [-0.2, 0) is 9.84 Å². The molecule has 3 aliphatic rings. The molecule has 0 atom stereocenters. The molecular weight excluding hydrogens is 910 g/mol. The summed E-state index contributed by atoms with van der Waals surface area (Å²) < 4.78 is 29.0. The normalized spacial score (nSPS) is 13.6. The van der Waals surface area contributed by atoms with Crippen LogP contribution in [0.2, 0.25) is 0 Å². The lowest BCUT2D eigenvalue weighted by Crippen LogP contribution is -2.61. The van der Waals surface area contributed by atoms with Gasteiger partial charge in [-0.05, 0) is 134 Å². The average Bonchev–Trinajstić information content (AvgIpc) is 3.46. The number of hydrogen-bond acceptors (Lipinski definition) is 5. The molecule has 0 N–H and O–H groups in total. The van der Waals surface area contributed by atoms with Crippen LogP contribution in [0.4, 0.5) is 51.2 Å². The largest absolute Gasteiger partial charge is 0.311 e. The highest BCUT2D eigenvalue weighted by Gasteiger charge is 2.45. The molecule has 344 valence electrons. The lowest BCUT2D eigenvalue weighted by molar-refractivity contribution is 0.595. The Labute approximate surface area is 426 Å². The zero-order chi connectivity index (χ0) is 48.6. The van der Waals surface area contributed by atoms with Crippen molar-refractivity contribution < 1.29 is 8.42 Å². The van der Waals surface area contributed by atoms with Gasteiger partial charge < -0.3 is 14.7 Å². The van der Waals surface area contributed by atoms with Crippen LogP contribution in [0.25, 0.3) is 44.5 Å². The maximum Gasteiger partial charge on any atom is 0.252 e. The summed E-state index contributed by atoms with van der Waals surface area (Å²) in [6.07, 6.45) is 0. The number of hydrogen-bond donors (Lipinski definition) is 0. The highest BCUT2D eigenvalue weighted by Crippen LogP contribution is 2.52. The Morgan fingerprint density at radius 2 is 0.575 bits per heavy atom. The Morgan fingerprint density at radius 3 is 0.973 bits per heavy atom. The van der Waals surface area contributed by atoms with Crippen molar-refractivity contribution in [2.24, 2.45) is 0 Å². The third kappa shape index (κ3) is 6.96. The van der Waals surface area contributed by atoms with E-state index in [-0.39, 0.29) is 16.5 Å². The molecule has 11 aromatic rings. The van der Waals surface area contributed by atoms with Crippen molar-refractivity contribution in [1.29, 1.82) is 0 Å². The Morgan fingerprint density at radius 1 is 0.260 bits per heavy atom. The molecule has 7 heteroatoms. The number of fused-ring (bicyclic) bond motifs is 6. The van der Waals surface area contributed by atoms with Crippen LogP contribution in [0.1, 0.15) is 0 Å². The fraction of sp³-hybridized carbons (Fsp3) is 0. The van der Waals surface area contributed by atoms with Crippen molar-refractivity contribution >= 4 is 84.1 Å². The van der Waals surface area contributed by atoms with Crippen molar-refractivity contribution in [2.75, 3.05) is 14.7 Å². The molecule has 11 aromatic carbocycles. The molecule has 14 rings (SSSR count). The molecule has 0 spiro atoms. The van der Waals surface area contributed by atoms with E-state index in [1.54, 1.807) is 12.1 Å². The van der Waals surface area contributed by atoms with Crippen LogP contribution >= 0.6 is 0 Å². The second-order valence-corrected chi connectivity index (χ2v) is 20.8. The molecular formula is C66H44BN3O2S. The average molecular weight is 954 g/mol. The number of nitrogens with zero attached hydrogens (tertiary/aromatic N) is 3. The summed E-state index contributed by atoms with van der Waals surface area (Å²) in [7, 11) is -3.83. The van der Waals surface area contributed by atoms with Crippen LogP contribution in [0.5, 0.6) is 0 Å². The van der Waals surface area contributed by atoms with E-state index in [1.807, 2.05) is 36.4 Å². The molecule has 73 heavy (non-hydrogen) atoms. The highest BCUT2D eigenvalue weighted by molar-refractivity contribution is 7.92. The number of benzene rings is 11. The van der Waals surface area contributed by atoms with Crippen LogP contribution < -0.4 is 31.1 Å². The molecule has 0 unspecified atom stereocenters. The molecule has 5 nitrogen and oxygen atoms in total. The van der Waals surface area contributed by atoms with Gasteiger partial charge >= 0.3 is 0 Å². The Balaban J connectivity index is 1.09. The molecule has 0 amide bonds. The van der Waals surface area contributed by atoms with Crippen molar-refractivity contribution in [2.45, 2.75) is 9.79 Å². The van der Waals surface area contributed by atoms with E-state index in [1.165, 1.54) is 10.9 Å². The predicted octanol–water partition coefficient (Wildman–Crippen LogP) is 15.1.